The van der Waals surface area contributed by atoms with Crippen molar-refractivity contribution in [1.29, 1.82) is 0 Å². The molecule has 1 amide bonds. The number of phenols is 1. The molecule has 0 aliphatic rings. The predicted molar refractivity (Wildman–Crippen MR) is 119 cm³/mol. The van der Waals surface area contributed by atoms with Crippen LogP contribution in [0.5, 0.6) is 11.5 Å². The molecule has 0 saturated heterocycles. The summed E-state index contributed by atoms with van der Waals surface area (Å²) in [6.45, 7) is 1.86. The van der Waals surface area contributed by atoms with Gasteiger partial charge in [0.15, 0.2) is 0 Å². The normalized spacial score (nSPS) is 11.3. The van der Waals surface area contributed by atoms with Crippen molar-refractivity contribution in [2.75, 3.05) is 5.32 Å². The minimum atomic E-state index is -4.01. The summed E-state index contributed by atoms with van der Waals surface area (Å²) in [5.41, 5.74) is 1.37. The van der Waals surface area contributed by atoms with E-state index in [4.69, 9.17) is 4.18 Å². The molecule has 0 aromatic heterocycles. The first-order valence-corrected chi connectivity index (χ1v) is 10.9. The van der Waals surface area contributed by atoms with Crippen molar-refractivity contribution in [1.82, 2.24) is 0 Å². The Hall–Kier alpha value is -3.84. The van der Waals surface area contributed by atoms with Crippen LogP contribution in [0.15, 0.2) is 89.8 Å². The molecule has 0 fully saturated rings. The van der Waals surface area contributed by atoms with Crippen LogP contribution in [0.25, 0.3) is 10.8 Å². The summed E-state index contributed by atoms with van der Waals surface area (Å²) in [6, 6.07) is 22.9. The summed E-state index contributed by atoms with van der Waals surface area (Å²) in [5.74, 6) is -0.617. The molecule has 0 spiro atoms. The van der Waals surface area contributed by atoms with Crippen LogP contribution in [0.1, 0.15) is 15.9 Å². The third kappa shape index (κ3) is 4.51. The van der Waals surface area contributed by atoms with Crippen LogP contribution in [-0.2, 0) is 10.1 Å². The van der Waals surface area contributed by atoms with Crippen molar-refractivity contribution in [2.45, 2.75) is 11.8 Å². The van der Waals surface area contributed by atoms with E-state index in [1.807, 2.05) is 31.2 Å². The van der Waals surface area contributed by atoms with Crippen LogP contribution in [0.2, 0.25) is 0 Å². The number of phenolic OH excluding ortho intramolecular Hbond substituents is 1. The van der Waals surface area contributed by atoms with Crippen molar-refractivity contribution in [3.8, 4) is 11.5 Å². The maximum atomic E-state index is 12.7. The molecule has 0 radical (unpaired) electrons. The highest BCUT2D eigenvalue weighted by Crippen LogP contribution is 2.27. The molecule has 4 aromatic rings. The van der Waals surface area contributed by atoms with Crippen LogP contribution in [0, 0.1) is 6.92 Å². The second kappa shape index (κ2) is 8.12. The number of anilines is 1. The van der Waals surface area contributed by atoms with Crippen molar-refractivity contribution >= 4 is 32.5 Å². The lowest BCUT2D eigenvalue weighted by Gasteiger charge is -2.11. The maximum absolute atomic E-state index is 12.7. The maximum Gasteiger partial charge on any atom is 0.339 e. The number of nitrogens with one attached hydrogen (secondary N) is 1. The molecule has 0 bridgehead atoms. The zero-order valence-electron chi connectivity index (χ0n) is 16.6. The van der Waals surface area contributed by atoms with Gasteiger partial charge in [-0.05, 0) is 54.1 Å². The molecule has 156 valence electrons. The largest absolute Gasteiger partial charge is 0.507 e. The lowest BCUT2D eigenvalue weighted by atomic mass is 10.1. The topological polar surface area (TPSA) is 92.7 Å². The van der Waals surface area contributed by atoms with Crippen molar-refractivity contribution in [3.05, 3.63) is 96.1 Å². The third-order valence-corrected chi connectivity index (χ3v) is 5.98. The molecule has 2 N–H and O–H groups in total. The van der Waals surface area contributed by atoms with Gasteiger partial charge in [-0.2, -0.15) is 8.42 Å². The summed E-state index contributed by atoms with van der Waals surface area (Å²) in [6.07, 6.45) is 0. The smallest absolute Gasteiger partial charge is 0.339 e. The number of carbonyl (C=O) groups is 1. The number of carbonyl (C=O) groups excluding carboxylic acids is 1. The van der Waals surface area contributed by atoms with E-state index in [0.29, 0.717) is 5.69 Å². The SMILES string of the molecule is Cc1ccc(S(=O)(=O)Oc2cccc(NC(=O)c3cc4ccccc4cc3O)c2)cc1. The molecular weight excluding hydrogens is 414 g/mol. The first kappa shape index (κ1) is 20.4. The second-order valence-corrected chi connectivity index (χ2v) is 8.60. The van der Waals surface area contributed by atoms with Crippen molar-refractivity contribution in [2.24, 2.45) is 0 Å². The molecule has 0 aliphatic carbocycles. The highest BCUT2D eigenvalue weighted by Gasteiger charge is 2.17. The van der Waals surface area contributed by atoms with Gasteiger partial charge in [0.2, 0.25) is 0 Å². The fourth-order valence-electron chi connectivity index (χ4n) is 3.11. The minimum Gasteiger partial charge on any atom is -0.507 e. The number of hydrogen-bond donors (Lipinski definition) is 2. The van der Waals surface area contributed by atoms with Gasteiger partial charge in [0, 0.05) is 11.8 Å². The quantitative estimate of drug-likeness (QED) is 0.438. The molecule has 0 aliphatic heterocycles. The van der Waals surface area contributed by atoms with E-state index in [1.165, 1.54) is 30.3 Å². The van der Waals surface area contributed by atoms with Gasteiger partial charge >= 0.3 is 10.1 Å². The highest BCUT2D eigenvalue weighted by molar-refractivity contribution is 7.87. The first-order chi connectivity index (χ1) is 14.8. The molecule has 0 unspecified atom stereocenters. The van der Waals surface area contributed by atoms with E-state index >= 15 is 0 Å². The summed E-state index contributed by atoms with van der Waals surface area (Å²) in [7, 11) is -4.01. The van der Waals surface area contributed by atoms with Crippen LogP contribution in [-0.4, -0.2) is 19.4 Å². The van der Waals surface area contributed by atoms with Crippen LogP contribution in [0.4, 0.5) is 5.69 Å². The van der Waals surface area contributed by atoms with E-state index in [9.17, 15) is 18.3 Å². The monoisotopic (exact) mass is 433 g/mol. The Morgan fingerprint density at radius 1 is 0.871 bits per heavy atom. The van der Waals surface area contributed by atoms with E-state index < -0.39 is 16.0 Å². The van der Waals surface area contributed by atoms with Gasteiger partial charge in [0.05, 0.1) is 5.56 Å². The molecule has 6 nitrogen and oxygen atoms in total. The Balaban J connectivity index is 1.55. The Bertz CT molecular complexity index is 1380. The van der Waals surface area contributed by atoms with Crippen molar-refractivity contribution < 1.29 is 22.5 Å². The van der Waals surface area contributed by atoms with Gasteiger partial charge < -0.3 is 14.6 Å². The molecule has 0 atom stereocenters. The van der Waals surface area contributed by atoms with Gasteiger partial charge in [-0.1, -0.05) is 48.0 Å². The Kier molecular flexibility index (Phi) is 5.35. The second-order valence-electron chi connectivity index (χ2n) is 7.05. The van der Waals surface area contributed by atoms with Crippen LogP contribution < -0.4 is 9.50 Å². The van der Waals surface area contributed by atoms with E-state index in [0.717, 1.165) is 16.3 Å². The number of rotatable bonds is 5. The van der Waals surface area contributed by atoms with E-state index in [1.54, 1.807) is 30.3 Å². The summed E-state index contributed by atoms with van der Waals surface area (Å²) < 4.78 is 30.2. The molecule has 4 aromatic carbocycles. The number of aryl methyl sites for hydroxylation is 1. The number of amides is 1. The van der Waals surface area contributed by atoms with Crippen LogP contribution >= 0.6 is 0 Å². The Morgan fingerprint density at radius 3 is 2.26 bits per heavy atom. The summed E-state index contributed by atoms with van der Waals surface area (Å²) >= 11 is 0. The number of aromatic hydroxyl groups is 1. The van der Waals surface area contributed by atoms with Crippen LogP contribution in [0.3, 0.4) is 0 Å². The number of benzene rings is 4. The van der Waals surface area contributed by atoms with Crippen molar-refractivity contribution in [3.63, 3.8) is 0 Å². The molecule has 4 rings (SSSR count). The lowest BCUT2D eigenvalue weighted by Crippen LogP contribution is -2.13. The molecule has 7 heteroatoms. The zero-order valence-corrected chi connectivity index (χ0v) is 17.4. The number of fused-ring (bicyclic) bond motifs is 1. The number of hydrogen-bond acceptors (Lipinski definition) is 5. The summed E-state index contributed by atoms with van der Waals surface area (Å²) in [5, 5.41) is 14.5. The van der Waals surface area contributed by atoms with Gasteiger partial charge in [-0.3, -0.25) is 4.79 Å². The highest BCUT2D eigenvalue weighted by atomic mass is 32.2. The first-order valence-electron chi connectivity index (χ1n) is 9.46. The van der Waals surface area contributed by atoms with E-state index in [2.05, 4.69) is 5.32 Å². The van der Waals surface area contributed by atoms with Gasteiger partial charge in [0.1, 0.15) is 16.4 Å². The molecule has 31 heavy (non-hydrogen) atoms. The predicted octanol–water partition coefficient (Wildman–Crippen LogP) is 4.87. The third-order valence-electron chi connectivity index (χ3n) is 4.72. The van der Waals surface area contributed by atoms with E-state index in [-0.39, 0.29) is 22.0 Å². The fourth-order valence-corrected chi connectivity index (χ4v) is 4.04. The standard InChI is InChI=1S/C24H19NO5S/c1-16-9-11-21(12-10-16)31(28,29)30-20-8-4-7-19(15-20)25-24(27)22-13-17-5-2-3-6-18(17)14-23(22)26/h2-15,26H,1H3,(H,25,27). The average Bonchev–Trinajstić information content (AvgIpc) is 2.73. The Morgan fingerprint density at radius 2 is 1.55 bits per heavy atom. The average molecular weight is 433 g/mol. The zero-order chi connectivity index (χ0) is 22.0. The minimum absolute atomic E-state index is 0.0358. The fraction of sp³-hybridized carbons (Fsp3) is 0.0417. The molecular formula is C24H19NO5S. The summed E-state index contributed by atoms with van der Waals surface area (Å²) in [4.78, 5) is 12.7. The molecule has 0 saturated carbocycles. The Labute approximate surface area is 179 Å². The van der Waals surface area contributed by atoms with Gasteiger partial charge in [-0.15, -0.1) is 0 Å². The van der Waals surface area contributed by atoms with Gasteiger partial charge in [-0.25, -0.2) is 0 Å². The lowest BCUT2D eigenvalue weighted by molar-refractivity contribution is 0.102. The van der Waals surface area contributed by atoms with Gasteiger partial charge in [0.25, 0.3) is 5.91 Å². The molecule has 0 heterocycles.